The van der Waals surface area contributed by atoms with Crippen molar-refractivity contribution in [2.24, 2.45) is 0 Å². The van der Waals surface area contributed by atoms with E-state index < -0.39 is 0 Å². The average Bonchev–Trinajstić information content (AvgIpc) is 2.98. The maximum Gasteiger partial charge on any atom is 0.289 e. The Hall–Kier alpha value is -1.33. The van der Waals surface area contributed by atoms with Crippen LogP contribution in [0.2, 0.25) is 0 Å². The molecule has 5 heteroatoms. The molecule has 1 aliphatic heterocycles. The third-order valence-corrected chi connectivity index (χ3v) is 4.18. The lowest BCUT2D eigenvalue weighted by Crippen LogP contribution is -2.44. The Kier molecular flexibility index (Phi) is 5.20. The van der Waals surface area contributed by atoms with Crippen molar-refractivity contribution in [3.05, 3.63) is 24.2 Å². The van der Waals surface area contributed by atoms with E-state index in [2.05, 4.69) is 23.9 Å². The summed E-state index contributed by atoms with van der Waals surface area (Å²) in [5, 5.41) is 0. The summed E-state index contributed by atoms with van der Waals surface area (Å²) in [6.07, 6.45) is 3.96. The first-order chi connectivity index (χ1) is 9.58. The van der Waals surface area contributed by atoms with Crippen molar-refractivity contribution >= 4 is 5.91 Å². The zero-order chi connectivity index (χ0) is 14.5. The van der Waals surface area contributed by atoms with Crippen molar-refractivity contribution < 1.29 is 9.21 Å². The van der Waals surface area contributed by atoms with Crippen molar-refractivity contribution in [3.8, 4) is 0 Å². The highest BCUT2D eigenvalue weighted by Crippen LogP contribution is 2.14. The minimum atomic E-state index is -0.0493. The predicted molar refractivity (Wildman–Crippen MR) is 78.8 cm³/mol. The summed E-state index contributed by atoms with van der Waals surface area (Å²) < 4.78 is 5.14. The topological polar surface area (TPSA) is 39.9 Å². The molecule has 20 heavy (non-hydrogen) atoms. The van der Waals surface area contributed by atoms with Crippen LogP contribution in [-0.2, 0) is 0 Å². The summed E-state index contributed by atoms with van der Waals surface area (Å²) in [5.74, 6) is 0.362. The molecule has 1 aliphatic rings. The number of nitrogens with zero attached hydrogens (tertiary/aromatic N) is 3. The molecular weight excluding hydrogens is 254 g/mol. The second-order valence-electron chi connectivity index (χ2n) is 5.72. The summed E-state index contributed by atoms with van der Waals surface area (Å²) in [7, 11) is 6.15. The molecule has 1 amide bonds. The van der Waals surface area contributed by atoms with E-state index in [1.807, 2.05) is 7.05 Å². The summed E-state index contributed by atoms with van der Waals surface area (Å²) in [6.45, 7) is 3.95. The second-order valence-corrected chi connectivity index (χ2v) is 5.72. The summed E-state index contributed by atoms with van der Waals surface area (Å²) >= 11 is 0. The predicted octanol–water partition coefficient (Wildman–Crippen LogP) is 1.38. The van der Waals surface area contributed by atoms with Crippen LogP contribution in [0.5, 0.6) is 0 Å². The molecule has 1 aromatic rings. The first-order valence-electron chi connectivity index (χ1n) is 7.25. The van der Waals surface area contributed by atoms with Crippen LogP contribution in [0.25, 0.3) is 0 Å². The number of hydrogen-bond donors (Lipinski definition) is 0. The number of hydrogen-bond acceptors (Lipinski definition) is 4. The lowest BCUT2D eigenvalue weighted by molar-refractivity contribution is 0.0728. The molecule has 0 bridgehead atoms. The van der Waals surface area contributed by atoms with E-state index in [1.165, 1.54) is 19.1 Å². The Balaban J connectivity index is 1.75. The summed E-state index contributed by atoms with van der Waals surface area (Å²) in [6, 6.07) is 4.09. The molecule has 0 unspecified atom stereocenters. The van der Waals surface area contributed by atoms with Crippen LogP contribution in [0.3, 0.4) is 0 Å². The highest BCUT2D eigenvalue weighted by molar-refractivity contribution is 5.91. The van der Waals surface area contributed by atoms with Crippen LogP contribution in [0.15, 0.2) is 22.8 Å². The molecule has 1 saturated heterocycles. The SMILES string of the molecule is CN1CCC(N(C)CCN(C)C(=O)c2ccco2)CC1. The zero-order valence-corrected chi connectivity index (χ0v) is 12.7. The van der Waals surface area contributed by atoms with Crippen LogP contribution in [0.1, 0.15) is 23.4 Å². The Morgan fingerprint density at radius 1 is 1.35 bits per heavy atom. The quantitative estimate of drug-likeness (QED) is 0.816. The largest absolute Gasteiger partial charge is 0.459 e. The molecule has 0 N–H and O–H groups in total. The number of likely N-dealkylation sites (N-methyl/N-ethyl adjacent to an activating group) is 2. The van der Waals surface area contributed by atoms with Gasteiger partial charge in [0.2, 0.25) is 0 Å². The van der Waals surface area contributed by atoms with Gasteiger partial charge in [-0.1, -0.05) is 0 Å². The lowest BCUT2D eigenvalue weighted by atomic mass is 10.0. The monoisotopic (exact) mass is 279 g/mol. The smallest absolute Gasteiger partial charge is 0.289 e. The fourth-order valence-corrected chi connectivity index (χ4v) is 2.62. The third kappa shape index (κ3) is 3.84. The molecule has 112 valence electrons. The van der Waals surface area contributed by atoms with Gasteiger partial charge in [0.25, 0.3) is 5.91 Å². The molecule has 5 nitrogen and oxygen atoms in total. The molecule has 2 rings (SSSR count). The molecule has 0 atom stereocenters. The normalized spacial score (nSPS) is 17.6. The van der Waals surface area contributed by atoms with Crippen molar-refractivity contribution in [1.29, 1.82) is 0 Å². The van der Waals surface area contributed by atoms with Gasteiger partial charge in [0.15, 0.2) is 5.76 Å². The Labute approximate surface area is 121 Å². The number of amides is 1. The van der Waals surface area contributed by atoms with Crippen LogP contribution in [0, 0.1) is 0 Å². The maximum absolute atomic E-state index is 12.0. The Morgan fingerprint density at radius 3 is 2.65 bits per heavy atom. The van der Waals surface area contributed by atoms with Gasteiger partial charge in [-0.15, -0.1) is 0 Å². The minimum absolute atomic E-state index is 0.0493. The molecule has 1 aromatic heterocycles. The number of rotatable bonds is 5. The first-order valence-corrected chi connectivity index (χ1v) is 7.25. The van der Waals surface area contributed by atoms with E-state index in [4.69, 9.17) is 4.42 Å². The minimum Gasteiger partial charge on any atom is -0.459 e. The molecule has 0 radical (unpaired) electrons. The van der Waals surface area contributed by atoms with Gasteiger partial charge in [0, 0.05) is 26.2 Å². The second kappa shape index (κ2) is 6.90. The maximum atomic E-state index is 12.0. The highest BCUT2D eigenvalue weighted by Gasteiger charge is 2.21. The fraction of sp³-hybridized carbons (Fsp3) is 0.667. The van der Waals surface area contributed by atoms with Gasteiger partial charge in [-0.05, 0) is 52.2 Å². The molecule has 2 heterocycles. The molecular formula is C15H25N3O2. The van der Waals surface area contributed by atoms with Crippen LogP contribution < -0.4 is 0 Å². The van der Waals surface area contributed by atoms with Crippen molar-refractivity contribution in [2.75, 3.05) is 47.3 Å². The number of carbonyl (C=O) groups excluding carboxylic acids is 1. The average molecular weight is 279 g/mol. The van der Waals surface area contributed by atoms with Gasteiger partial charge in [-0.3, -0.25) is 4.79 Å². The van der Waals surface area contributed by atoms with Crippen LogP contribution >= 0.6 is 0 Å². The molecule has 0 aromatic carbocycles. The molecule has 1 fully saturated rings. The van der Waals surface area contributed by atoms with Crippen molar-refractivity contribution in [1.82, 2.24) is 14.7 Å². The van der Waals surface area contributed by atoms with Gasteiger partial charge in [-0.2, -0.15) is 0 Å². The van der Waals surface area contributed by atoms with Crippen molar-refractivity contribution in [2.45, 2.75) is 18.9 Å². The van der Waals surface area contributed by atoms with Gasteiger partial charge in [-0.25, -0.2) is 0 Å². The van der Waals surface area contributed by atoms with E-state index in [9.17, 15) is 4.79 Å². The van der Waals surface area contributed by atoms with Crippen LogP contribution in [-0.4, -0.2) is 74.0 Å². The zero-order valence-electron chi connectivity index (χ0n) is 12.7. The number of furan rings is 1. The molecule has 0 saturated carbocycles. The molecule has 0 aliphatic carbocycles. The first kappa shape index (κ1) is 15.1. The number of piperidine rings is 1. The van der Waals surface area contributed by atoms with E-state index in [-0.39, 0.29) is 5.91 Å². The Bertz CT molecular complexity index is 411. The number of carbonyl (C=O) groups is 1. The van der Waals surface area contributed by atoms with Crippen molar-refractivity contribution in [3.63, 3.8) is 0 Å². The lowest BCUT2D eigenvalue weighted by Gasteiger charge is -2.35. The van der Waals surface area contributed by atoms with E-state index in [1.54, 1.807) is 17.0 Å². The van der Waals surface area contributed by atoms with Gasteiger partial charge in [0.1, 0.15) is 0 Å². The van der Waals surface area contributed by atoms with Gasteiger partial charge in [0.05, 0.1) is 6.26 Å². The van der Waals surface area contributed by atoms with Gasteiger partial charge >= 0.3 is 0 Å². The van der Waals surface area contributed by atoms with Crippen LogP contribution in [0.4, 0.5) is 0 Å². The van der Waals surface area contributed by atoms with Gasteiger partial charge < -0.3 is 19.1 Å². The standard InChI is InChI=1S/C15H25N3O2/c1-16-8-6-13(7-9-16)17(2)10-11-18(3)15(19)14-5-4-12-20-14/h4-5,12-13H,6-11H2,1-3H3. The van der Waals surface area contributed by atoms with E-state index in [0.717, 1.165) is 26.2 Å². The third-order valence-electron chi connectivity index (χ3n) is 4.18. The van der Waals surface area contributed by atoms with E-state index in [0.29, 0.717) is 11.8 Å². The molecule has 0 spiro atoms. The number of likely N-dealkylation sites (tertiary alicyclic amines) is 1. The van der Waals surface area contributed by atoms with E-state index >= 15 is 0 Å². The summed E-state index contributed by atoms with van der Waals surface area (Å²) in [4.78, 5) is 18.5. The highest BCUT2D eigenvalue weighted by atomic mass is 16.3. The fourth-order valence-electron chi connectivity index (χ4n) is 2.62. The Morgan fingerprint density at radius 2 is 2.05 bits per heavy atom. The summed E-state index contributed by atoms with van der Waals surface area (Å²) in [5.41, 5.74) is 0.